The standard InChI is InChI=1S/C18H20ClNO3/c1-11-5-7-16(12(2)9-11)23-13(3)18(21)20-15-10-14(19)6-8-17(15)22-4/h5-10,13H,1-4H3,(H,20,21). The summed E-state index contributed by atoms with van der Waals surface area (Å²) in [5.74, 6) is 0.961. The Kier molecular flexibility index (Phi) is 5.50. The molecular weight excluding hydrogens is 314 g/mol. The molecule has 0 aromatic heterocycles. The first-order chi connectivity index (χ1) is 10.9. The second kappa shape index (κ2) is 7.38. The molecule has 0 saturated carbocycles. The van der Waals surface area contributed by atoms with Gasteiger partial charge in [-0.15, -0.1) is 0 Å². The molecular formula is C18H20ClNO3. The molecule has 0 saturated heterocycles. The molecule has 122 valence electrons. The lowest BCUT2D eigenvalue weighted by Gasteiger charge is -2.17. The fourth-order valence-corrected chi connectivity index (χ4v) is 2.36. The number of nitrogens with one attached hydrogen (secondary N) is 1. The minimum absolute atomic E-state index is 0.273. The van der Waals surface area contributed by atoms with E-state index in [4.69, 9.17) is 21.1 Å². The van der Waals surface area contributed by atoms with E-state index in [9.17, 15) is 4.79 Å². The van der Waals surface area contributed by atoms with Gasteiger partial charge in [0.1, 0.15) is 11.5 Å². The molecule has 1 N–H and O–H groups in total. The highest BCUT2D eigenvalue weighted by molar-refractivity contribution is 6.31. The average molecular weight is 334 g/mol. The Labute approximate surface area is 141 Å². The minimum atomic E-state index is -0.653. The number of amides is 1. The van der Waals surface area contributed by atoms with Crippen molar-refractivity contribution < 1.29 is 14.3 Å². The fourth-order valence-electron chi connectivity index (χ4n) is 2.19. The molecule has 1 amide bonds. The van der Waals surface area contributed by atoms with E-state index in [2.05, 4.69) is 5.32 Å². The zero-order valence-corrected chi connectivity index (χ0v) is 14.4. The number of halogens is 1. The Morgan fingerprint density at radius 2 is 1.83 bits per heavy atom. The number of anilines is 1. The van der Waals surface area contributed by atoms with Crippen LogP contribution >= 0.6 is 11.6 Å². The first-order valence-electron chi connectivity index (χ1n) is 7.29. The molecule has 2 aromatic carbocycles. The van der Waals surface area contributed by atoms with Gasteiger partial charge in [-0.2, -0.15) is 0 Å². The van der Waals surface area contributed by atoms with Crippen molar-refractivity contribution in [2.45, 2.75) is 26.9 Å². The Hall–Kier alpha value is -2.20. The minimum Gasteiger partial charge on any atom is -0.495 e. The van der Waals surface area contributed by atoms with Crippen LogP contribution in [0.1, 0.15) is 18.1 Å². The van der Waals surface area contributed by atoms with Gasteiger partial charge in [0.05, 0.1) is 12.8 Å². The second-order valence-electron chi connectivity index (χ2n) is 5.36. The van der Waals surface area contributed by atoms with Gasteiger partial charge in [0.2, 0.25) is 0 Å². The van der Waals surface area contributed by atoms with Crippen LogP contribution in [-0.4, -0.2) is 19.1 Å². The quantitative estimate of drug-likeness (QED) is 0.883. The molecule has 23 heavy (non-hydrogen) atoms. The number of ether oxygens (including phenoxy) is 2. The number of rotatable bonds is 5. The van der Waals surface area contributed by atoms with Gasteiger partial charge in [-0.3, -0.25) is 4.79 Å². The lowest BCUT2D eigenvalue weighted by Crippen LogP contribution is -2.30. The first kappa shape index (κ1) is 17.2. The Morgan fingerprint density at radius 3 is 2.48 bits per heavy atom. The number of hydrogen-bond acceptors (Lipinski definition) is 3. The molecule has 1 unspecified atom stereocenters. The van der Waals surface area contributed by atoms with E-state index in [0.717, 1.165) is 11.1 Å². The molecule has 1 atom stereocenters. The third-order valence-corrected chi connectivity index (χ3v) is 3.66. The van der Waals surface area contributed by atoms with Gasteiger partial charge in [-0.1, -0.05) is 29.3 Å². The predicted molar refractivity (Wildman–Crippen MR) is 92.6 cm³/mol. The van der Waals surface area contributed by atoms with Crippen LogP contribution in [0, 0.1) is 13.8 Å². The number of carbonyl (C=O) groups is 1. The van der Waals surface area contributed by atoms with E-state index in [1.165, 1.54) is 7.11 Å². The van der Waals surface area contributed by atoms with Crippen molar-refractivity contribution in [3.63, 3.8) is 0 Å². The number of hydrogen-bond donors (Lipinski definition) is 1. The summed E-state index contributed by atoms with van der Waals surface area (Å²) >= 11 is 5.96. The van der Waals surface area contributed by atoms with Crippen molar-refractivity contribution in [2.75, 3.05) is 12.4 Å². The molecule has 4 nitrogen and oxygen atoms in total. The summed E-state index contributed by atoms with van der Waals surface area (Å²) < 4.78 is 11.0. The van der Waals surface area contributed by atoms with Crippen LogP contribution in [0.4, 0.5) is 5.69 Å². The maximum atomic E-state index is 12.3. The molecule has 0 aliphatic rings. The monoisotopic (exact) mass is 333 g/mol. The summed E-state index contributed by atoms with van der Waals surface area (Å²) in [5.41, 5.74) is 2.65. The third-order valence-electron chi connectivity index (χ3n) is 3.42. The van der Waals surface area contributed by atoms with Crippen LogP contribution in [0.5, 0.6) is 11.5 Å². The van der Waals surface area contributed by atoms with E-state index in [1.54, 1.807) is 25.1 Å². The van der Waals surface area contributed by atoms with Crippen LogP contribution in [0.3, 0.4) is 0 Å². The third kappa shape index (κ3) is 4.39. The summed E-state index contributed by atoms with van der Waals surface area (Å²) in [6.45, 7) is 5.66. The lowest BCUT2D eigenvalue weighted by atomic mass is 10.1. The lowest BCUT2D eigenvalue weighted by molar-refractivity contribution is -0.122. The molecule has 2 aromatic rings. The van der Waals surface area contributed by atoms with Crippen LogP contribution < -0.4 is 14.8 Å². The van der Waals surface area contributed by atoms with Crippen molar-refractivity contribution in [1.29, 1.82) is 0 Å². The zero-order chi connectivity index (χ0) is 17.0. The van der Waals surface area contributed by atoms with Crippen molar-refractivity contribution in [3.05, 3.63) is 52.5 Å². The highest BCUT2D eigenvalue weighted by Gasteiger charge is 2.17. The van der Waals surface area contributed by atoms with Gasteiger partial charge >= 0.3 is 0 Å². The van der Waals surface area contributed by atoms with E-state index < -0.39 is 6.10 Å². The topological polar surface area (TPSA) is 47.6 Å². The molecule has 5 heteroatoms. The van der Waals surface area contributed by atoms with Crippen LogP contribution in [0.15, 0.2) is 36.4 Å². The summed E-state index contributed by atoms with van der Waals surface area (Å²) in [6, 6.07) is 10.9. The molecule has 2 rings (SSSR count). The number of methoxy groups -OCH3 is 1. The van der Waals surface area contributed by atoms with Crippen LogP contribution in [0.25, 0.3) is 0 Å². The van der Waals surface area contributed by atoms with E-state index in [1.807, 2.05) is 32.0 Å². The predicted octanol–water partition coefficient (Wildman–Crippen LogP) is 4.37. The molecule has 0 bridgehead atoms. The average Bonchev–Trinajstić information content (AvgIpc) is 2.50. The van der Waals surface area contributed by atoms with Gasteiger partial charge in [0.15, 0.2) is 6.10 Å². The normalized spacial score (nSPS) is 11.7. The van der Waals surface area contributed by atoms with Gasteiger partial charge < -0.3 is 14.8 Å². The molecule has 0 spiro atoms. The number of carbonyl (C=O) groups excluding carboxylic acids is 1. The van der Waals surface area contributed by atoms with E-state index >= 15 is 0 Å². The molecule has 0 aliphatic carbocycles. The van der Waals surface area contributed by atoms with Crippen LogP contribution in [0.2, 0.25) is 5.02 Å². The van der Waals surface area contributed by atoms with Crippen molar-refractivity contribution >= 4 is 23.2 Å². The summed E-state index contributed by atoms with van der Waals surface area (Å²) in [7, 11) is 1.54. The maximum Gasteiger partial charge on any atom is 0.265 e. The van der Waals surface area contributed by atoms with Crippen molar-refractivity contribution in [1.82, 2.24) is 0 Å². The van der Waals surface area contributed by atoms with Gasteiger partial charge in [-0.25, -0.2) is 0 Å². The summed E-state index contributed by atoms with van der Waals surface area (Å²) in [4.78, 5) is 12.3. The van der Waals surface area contributed by atoms with Gasteiger partial charge in [-0.05, 0) is 50.6 Å². The Morgan fingerprint density at radius 1 is 1.13 bits per heavy atom. The second-order valence-corrected chi connectivity index (χ2v) is 5.80. The summed E-state index contributed by atoms with van der Waals surface area (Å²) in [6.07, 6.45) is -0.653. The first-order valence-corrected chi connectivity index (χ1v) is 7.67. The van der Waals surface area contributed by atoms with E-state index in [-0.39, 0.29) is 5.91 Å². The highest BCUT2D eigenvalue weighted by Crippen LogP contribution is 2.28. The summed E-state index contributed by atoms with van der Waals surface area (Å²) in [5, 5.41) is 3.30. The van der Waals surface area contributed by atoms with Crippen molar-refractivity contribution in [3.8, 4) is 11.5 Å². The fraction of sp³-hybridized carbons (Fsp3) is 0.278. The van der Waals surface area contributed by atoms with Gasteiger partial charge in [0, 0.05) is 5.02 Å². The highest BCUT2D eigenvalue weighted by atomic mass is 35.5. The van der Waals surface area contributed by atoms with Gasteiger partial charge in [0.25, 0.3) is 5.91 Å². The van der Waals surface area contributed by atoms with Crippen LogP contribution in [-0.2, 0) is 4.79 Å². The largest absolute Gasteiger partial charge is 0.495 e. The smallest absolute Gasteiger partial charge is 0.265 e. The SMILES string of the molecule is COc1ccc(Cl)cc1NC(=O)C(C)Oc1ccc(C)cc1C. The van der Waals surface area contributed by atoms with E-state index in [0.29, 0.717) is 22.2 Å². The molecule has 0 radical (unpaired) electrons. The van der Waals surface area contributed by atoms with Crippen molar-refractivity contribution in [2.24, 2.45) is 0 Å². The Balaban J connectivity index is 2.10. The molecule has 0 fully saturated rings. The zero-order valence-electron chi connectivity index (χ0n) is 13.6. The molecule has 0 heterocycles. The number of benzene rings is 2. The number of aryl methyl sites for hydroxylation is 2. The Bertz CT molecular complexity index is 715. The maximum absolute atomic E-state index is 12.3. The molecule has 0 aliphatic heterocycles.